The Balaban J connectivity index is 0.00000261. The van der Waals surface area contributed by atoms with E-state index in [9.17, 15) is 23.3 Å². The topological polar surface area (TPSA) is 119 Å². The van der Waals surface area contributed by atoms with Gasteiger partial charge in [-0.1, -0.05) is 0 Å². The minimum Gasteiger partial charge on any atom is -0.462 e. The van der Waals surface area contributed by atoms with Crippen LogP contribution < -0.4 is 5.32 Å². The molecule has 0 aliphatic carbocycles. The minimum absolute atomic E-state index is 0. The van der Waals surface area contributed by atoms with Gasteiger partial charge in [0.05, 0.1) is 22.0 Å². The predicted octanol–water partition coefficient (Wildman–Crippen LogP) is 1.34. The van der Waals surface area contributed by atoms with Gasteiger partial charge in [0.15, 0.2) is 0 Å². The Labute approximate surface area is 163 Å². The summed E-state index contributed by atoms with van der Waals surface area (Å²) in [5, 5.41) is 14.6. The molecule has 1 N–H and O–H groups in total. The molecule has 0 saturated carbocycles. The molecule has 150 valence electrons. The van der Waals surface area contributed by atoms with E-state index in [2.05, 4.69) is 5.32 Å². The molecule has 2 atom stereocenters. The number of nitro groups is 1. The lowest BCUT2D eigenvalue weighted by Crippen LogP contribution is -2.32. The van der Waals surface area contributed by atoms with Gasteiger partial charge in [-0.2, -0.15) is 4.31 Å². The zero-order chi connectivity index (χ0) is 19.1. The van der Waals surface area contributed by atoms with Crippen LogP contribution in [0.4, 0.5) is 5.69 Å². The van der Waals surface area contributed by atoms with Crippen molar-refractivity contribution >= 4 is 34.1 Å². The molecule has 3 rings (SSSR count). The van der Waals surface area contributed by atoms with E-state index >= 15 is 0 Å². The van der Waals surface area contributed by atoms with Gasteiger partial charge < -0.3 is 10.1 Å². The third-order valence-electron chi connectivity index (χ3n) is 5.04. The fraction of sp³-hybridized carbons (Fsp3) is 0.562. The summed E-state index contributed by atoms with van der Waals surface area (Å²) in [5.41, 5.74) is -0.411. The van der Waals surface area contributed by atoms with Crippen LogP contribution >= 0.6 is 12.4 Å². The van der Waals surface area contributed by atoms with Crippen molar-refractivity contribution in [2.45, 2.75) is 18.7 Å². The molecule has 1 aromatic carbocycles. The van der Waals surface area contributed by atoms with E-state index in [1.54, 1.807) is 6.92 Å². The molecule has 27 heavy (non-hydrogen) atoms. The van der Waals surface area contributed by atoms with E-state index in [-0.39, 0.29) is 46.9 Å². The third-order valence-corrected chi connectivity index (χ3v) is 6.85. The number of esters is 1. The zero-order valence-electron chi connectivity index (χ0n) is 15.0. The Morgan fingerprint density at radius 1 is 1.33 bits per heavy atom. The quantitative estimate of drug-likeness (QED) is 0.434. The second-order valence-electron chi connectivity index (χ2n) is 6.59. The molecule has 0 unspecified atom stereocenters. The maximum atomic E-state index is 13.0. The minimum atomic E-state index is -3.93. The second kappa shape index (κ2) is 8.09. The van der Waals surface area contributed by atoms with Crippen LogP contribution in [-0.2, 0) is 14.8 Å². The van der Waals surface area contributed by atoms with Crippen LogP contribution in [0.1, 0.15) is 22.8 Å². The number of hydrogen-bond acceptors (Lipinski definition) is 7. The summed E-state index contributed by atoms with van der Waals surface area (Å²) in [6.45, 7) is 5.38. The number of sulfonamides is 1. The number of nitrogens with one attached hydrogen (secondary N) is 1. The molecular formula is C16H22ClN3O6S. The predicted molar refractivity (Wildman–Crippen MR) is 99.6 cm³/mol. The van der Waals surface area contributed by atoms with Gasteiger partial charge in [0.2, 0.25) is 10.0 Å². The highest BCUT2D eigenvalue weighted by molar-refractivity contribution is 7.89. The van der Waals surface area contributed by atoms with E-state index in [1.807, 2.05) is 0 Å². The highest BCUT2D eigenvalue weighted by Crippen LogP contribution is 2.33. The van der Waals surface area contributed by atoms with Crippen molar-refractivity contribution in [3.8, 4) is 0 Å². The lowest BCUT2D eigenvalue weighted by molar-refractivity contribution is -0.385. The molecule has 0 amide bonds. The number of halogens is 1. The van der Waals surface area contributed by atoms with Gasteiger partial charge in [-0.3, -0.25) is 10.1 Å². The fourth-order valence-electron chi connectivity index (χ4n) is 3.59. The van der Waals surface area contributed by atoms with Crippen LogP contribution in [0.5, 0.6) is 0 Å². The van der Waals surface area contributed by atoms with Crippen LogP contribution in [0.25, 0.3) is 0 Å². The summed E-state index contributed by atoms with van der Waals surface area (Å²) in [4.78, 5) is 22.6. The maximum Gasteiger partial charge on any atom is 0.338 e. The molecule has 0 bridgehead atoms. The van der Waals surface area contributed by atoms with Crippen LogP contribution in [-0.4, -0.2) is 56.4 Å². The average Bonchev–Trinajstić information content (AvgIpc) is 3.16. The lowest BCUT2D eigenvalue weighted by Gasteiger charge is -2.18. The van der Waals surface area contributed by atoms with E-state index in [4.69, 9.17) is 4.74 Å². The number of benzene rings is 1. The Bertz CT molecular complexity index is 848. The summed E-state index contributed by atoms with van der Waals surface area (Å²) < 4.78 is 32.3. The molecule has 2 aliphatic heterocycles. The molecule has 1 aromatic rings. The number of carbonyl (C=O) groups is 1. The smallest absolute Gasteiger partial charge is 0.338 e. The van der Waals surface area contributed by atoms with Gasteiger partial charge in [-0.05, 0) is 44.8 Å². The van der Waals surface area contributed by atoms with Crippen LogP contribution in [0, 0.1) is 28.9 Å². The van der Waals surface area contributed by atoms with E-state index in [0.717, 1.165) is 19.2 Å². The Hall–Kier alpha value is -1.75. The van der Waals surface area contributed by atoms with Gasteiger partial charge >= 0.3 is 5.97 Å². The molecule has 0 spiro atoms. The first-order valence-corrected chi connectivity index (χ1v) is 9.86. The van der Waals surface area contributed by atoms with Gasteiger partial charge in [-0.15, -0.1) is 12.4 Å². The van der Waals surface area contributed by atoms with Crippen LogP contribution in [0.2, 0.25) is 0 Å². The van der Waals surface area contributed by atoms with Crippen molar-refractivity contribution in [3.05, 3.63) is 33.4 Å². The molecule has 2 fully saturated rings. The zero-order valence-corrected chi connectivity index (χ0v) is 16.6. The molecule has 9 nitrogen and oxygen atoms in total. The number of carbonyl (C=O) groups excluding carboxylic acids is 1. The first kappa shape index (κ1) is 21.5. The second-order valence-corrected chi connectivity index (χ2v) is 8.53. The number of fused-ring (bicyclic) bond motifs is 1. The Morgan fingerprint density at radius 3 is 2.44 bits per heavy atom. The number of nitrogens with zero attached hydrogens (tertiary/aromatic N) is 2. The highest BCUT2D eigenvalue weighted by Gasteiger charge is 2.42. The van der Waals surface area contributed by atoms with Gasteiger partial charge in [0, 0.05) is 24.7 Å². The van der Waals surface area contributed by atoms with Crippen LogP contribution in [0.15, 0.2) is 17.0 Å². The van der Waals surface area contributed by atoms with Crippen LogP contribution in [0.3, 0.4) is 0 Å². The summed E-state index contributed by atoms with van der Waals surface area (Å²) in [7, 11) is -3.93. The SMILES string of the molecule is CCOC(=O)c1cc(S(=O)(=O)N2C[C@H]3CNC[C@H]3C2)cc([N+](=O)[O-])c1C.Cl. The molecule has 2 saturated heterocycles. The third kappa shape index (κ3) is 3.93. The number of ether oxygens (including phenoxy) is 1. The molecule has 2 heterocycles. The van der Waals surface area contributed by atoms with E-state index < -0.39 is 26.6 Å². The van der Waals surface area contributed by atoms with Crippen molar-refractivity contribution in [1.29, 1.82) is 0 Å². The maximum absolute atomic E-state index is 13.0. The molecule has 2 aliphatic rings. The van der Waals surface area contributed by atoms with Crippen molar-refractivity contribution in [3.63, 3.8) is 0 Å². The number of hydrogen-bond donors (Lipinski definition) is 1. The van der Waals surface area contributed by atoms with Gasteiger partial charge in [-0.25, -0.2) is 13.2 Å². The Kier molecular flexibility index (Phi) is 6.46. The summed E-state index contributed by atoms with van der Waals surface area (Å²) in [6.07, 6.45) is 0. The Morgan fingerprint density at radius 2 is 1.93 bits per heavy atom. The van der Waals surface area contributed by atoms with Gasteiger partial charge in [0.25, 0.3) is 5.69 Å². The fourth-order valence-corrected chi connectivity index (χ4v) is 5.19. The van der Waals surface area contributed by atoms with Gasteiger partial charge in [0.1, 0.15) is 0 Å². The molecular weight excluding hydrogens is 398 g/mol. The molecule has 0 radical (unpaired) electrons. The largest absolute Gasteiger partial charge is 0.462 e. The lowest BCUT2D eigenvalue weighted by atomic mass is 10.0. The average molecular weight is 420 g/mol. The highest BCUT2D eigenvalue weighted by atomic mass is 35.5. The molecule has 11 heteroatoms. The summed E-state index contributed by atoms with van der Waals surface area (Å²) >= 11 is 0. The van der Waals surface area contributed by atoms with Crippen molar-refractivity contribution in [2.24, 2.45) is 11.8 Å². The first-order chi connectivity index (χ1) is 12.3. The number of nitro benzene ring substituents is 1. The van der Waals surface area contributed by atoms with Crippen molar-refractivity contribution < 1.29 is 22.9 Å². The summed E-state index contributed by atoms with van der Waals surface area (Å²) in [5.74, 6) is -0.280. The van der Waals surface area contributed by atoms with Crippen molar-refractivity contribution in [1.82, 2.24) is 9.62 Å². The molecule has 0 aromatic heterocycles. The standard InChI is InChI=1S/C16H21N3O6S.ClH/c1-3-25-16(20)14-4-13(5-15(10(14)2)19(21)22)26(23,24)18-8-11-6-17-7-12(11)9-18;/h4-5,11-12,17H,3,6-9H2,1-2H3;1H/t11-,12+;. The first-order valence-electron chi connectivity index (χ1n) is 8.42. The monoisotopic (exact) mass is 419 g/mol. The normalized spacial score (nSPS) is 22.1. The summed E-state index contributed by atoms with van der Waals surface area (Å²) in [6, 6.07) is 2.21. The van der Waals surface area contributed by atoms with E-state index in [0.29, 0.717) is 13.1 Å². The number of rotatable bonds is 5. The van der Waals surface area contributed by atoms with E-state index in [1.165, 1.54) is 17.3 Å². The van der Waals surface area contributed by atoms with Crippen molar-refractivity contribution in [2.75, 3.05) is 32.8 Å².